The Morgan fingerprint density at radius 2 is 2.08 bits per heavy atom. The first-order valence-electron chi connectivity index (χ1n) is 9.14. The van der Waals surface area contributed by atoms with Crippen molar-refractivity contribution < 1.29 is 9.53 Å². The summed E-state index contributed by atoms with van der Waals surface area (Å²) in [7, 11) is 0. The van der Waals surface area contributed by atoms with Crippen molar-refractivity contribution >= 4 is 22.6 Å². The van der Waals surface area contributed by atoms with Crippen molar-refractivity contribution in [3.8, 4) is 5.75 Å². The van der Waals surface area contributed by atoms with Gasteiger partial charge in [0.2, 0.25) is 0 Å². The van der Waals surface area contributed by atoms with E-state index in [1.807, 2.05) is 37.3 Å². The highest BCUT2D eigenvalue weighted by atomic mass is 16.5. The van der Waals surface area contributed by atoms with Crippen molar-refractivity contribution in [2.24, 2.45) is 0 Å². The zero-order valence-electron chi connectivity index (χ0n) is 14.8. The number of carbonyl (C=O) groups is 1. The molecule has 26 heavy (non-hydrogen) atoms. The highest BCUT2D eigenvalue weighted by Gasteiger charge is 2.17. The molecule has 1 amide bonds. The van der Waals surface area contributed by atoms with Crippen molar-refractivity contribution in [3.63, 3.8) is 0 Å². The SMILES string of the molecule is CCn1nnc2cc(C(=O)Nc3cccc(OC4CCCC4)c3)ccc21. The number of hydrogen-bond donors (Lipinski definition) is 1. The third-order valence-electron chi connectivity index (χ3n) is 4.77. The number of aryl methyl sites for hydroxylation is 1. The number of nitrogens with one attached hydrogen (secondary N) is 1. The summed E-state index contributed by atoms with van der Waals surface area (Å²) in [5, 5.41) is 11.1. The van der Waals surface area contributed by atoms with Crippen LogP contribution in [0.1, 0.15) is 43.0 Å². The van der Waals surface area contributed by atoms with E-state index in [0.29, 0.717) is 11.7 Å². The lowest BCUT2D eigenvalue weighted by Gasteiger charge is -2.14. The minimum Gasteiger partial charge on any atom is -0.490 e. The molecule has 1 aromatic heterocycles. The Bertz CT molecular complexity index is 928. The van der Waals surface area contributed by atoms with E-state index >= 15 is 0 Å². The minimum atomic E-state index is -0.170. The second kappa shape index (κ2) is 7.15. The molecule has 3 aromatic rings. The lowest BCUT2D eigenvalue weighted by molar-refractivity contribution is 0.102. The third kappa shape index (κ3) is 3.40. The molecule has 0 radical (unpaired) electrons. The molecule has 0 bridgehead atoms. The van der Waals surface area contributed by atoms with Crippen LogP contribution in [0, 0.1) is 0 Å². The summed E-state index contributed by atoms with van der Waals surface area (Å²) in [4.78, 5) is 12.6. The fourth-order valence-electron chi connectivity index (χ4n) is 3.40. The number of rotatable bonds is 5. The fraction of sp³-hybridized carbons (Fsp3) is 0.350. The predicted molar refractivity (Wildman–Crippen MR) is 100 cm³/mol. The Morgan fingerprint density at radius 1 is 1.23 bits per heavy atom. The molecule has 0 saturated heterocycles. The van der Waals surface area contributed by atoms with Gasteiger partial charge >= 0.3 is 0 Å². The Hall–Kier alpha value is -2.89. The molecule has 1 aliphatic rings. The number of fused-ring (bicyclic) bond motifs is 1. The van der Waals surface area contributed by atoms with Gasteiger partial charge in [0.25, 0.3) is 5.91 Å². The minimum absolute atomic E-state index is 0.170. The molecule has 1 N–H and O–H groups in total. The van der Waals surface area contributed by atoms with E-state index in [1.165, 1.54) is 12.8 Å². The largest absolute Gasteiger partial charge is 0.490 e. The Balaban J connectivity index is 1.49. The second-order valence-electron chi connectivity index (χ2n) is 6.61. The molecule has 134 valence electrons. The van der Waals surface area contributed by atoms with E-state index in [-0.39, 0.29) is 5.91 Å². The van der Waals surface area contributed by atoms with Crippen LogP contribution in [0.2, 0.25) is 0 Å². The Labute approximate surface area is 152 Å². The van der Waals surface area contributed by atoms with Crippen LogP contribution in [-0.2, 0) is 6.54 Å². The highest BCUT2D eigenvalue weighted by molar-refractivity contribution is 6.05. The molecule has 1 heterocycles. The van der Waals surface area contributed by atoms with Gasteiger partial charge in [-0.15, -0.1) is 5.10 Å². The third-order valence-corrected chi connectivity index (χ3v) is 4.77. The van der Waals surface area contributed by atoms with Crippen molar-refractivity contribution in [2.75, 3.05) is 5.32 Å². The number of nitrogens with zero attached hydrogens (tertiary/aromatic N) is 3. The number of aromatic nitrogens is 3. The lowest BCUT2D eigenvalue weighted by Crippen LogP contribution is -2.13. The monoisotopic (exact) mass is 350 g/mol. The van der Waals surface area contributed by atoms with Crippen LogP contribution in [-0.4, -0.2) is 27.0 Å². The van der Waals surface area contributed by atoms with Gasteiger partial charge < -0.3 is 10.1 Å². The Kier molecular flexibility index (Phi) is 4.56. The number of hydrogen-bond acceptors (Lipinski definition) is 4. The number of carbonyl (C=O) groups excluding carboxylic acids is 1. The molecule has 6 nitrogen and oxygen atoms in total. The molecule has 1 fully saturated rings. The summed E-state index contributed by atoms with van der Waals surface area (Å²) < 4.78 is 7.81. The Morgan fingerprint density at radius 3 is 2.88 bits per heavy atom. The fourth-order valence-corrected chi connectivity index (χ4v) is 3.40. The van der Waals surface area contributed by atoms with Gasteiger partial charge in [-0.25, -0.2) is 4.68 Å². The molecule has 1 saturated carbocycles. The van der Waals surface area contributed by atoms with Crippen LogP contribution in [0.4, 0.5) is 5.69 Å². The first kappa shape index (κ1) is 16.6. The van der Waals surface area contributed by atoms with Gasteiger partial charge in [0.05, 0.1) is 11.6 Å². The average molecular weight is 350 g/mol. The topological polar surface area (TPSA) is 69.0 Å². The molecule has 4 rings (SSSR count). The number of anilines is 1. The molecule has 2 aromatic carbocycles. The van der Waals surface area contributed by atoms with Crippen LogP contribution < -0.4 is 10.1 Å². The normalized spacial score (nSPS) is 14.7. The molecule has 0 spiro atoms. The van der Waals surface area contributed by atoms with Crippen LogP contribution >= 0.6 is 0 Å². The number of benzene rings is 2. The standard InChI is InChI=1S/C20H22N4O2/c1-2-24-19-11-10-14(12-18(19)22-23-24)20(25)21-15-6-5-9-17(13-15)26-16-7-3-4-8-16/h5-6,9-13,16H,2-4,7-8H2,1H3,(H,21,25). The summed E-state index contributed by atoms with van der Waals surface area (Å²) in [5.41, 5.74) is 2.93. The van der Waals surface area contributed by atoms with Crippen LogP contribution in [0.15, 0.2) is 42.5 Å². The number of amides is 1. The quantitative estimate of drug-likeness (QED) is 0.754. The van der Waals surface area contributed by atoms with E-state index in [0.717, 1.165) is 41.9 Å². The van der Waals surface area contributed by atoms with Gasteiger partial charge in [-0.3, -0.25) is 4.79 Å². The van der Waals surface area contributed by atoms with Crippen LogP contribution in [0.5, 0.6) is 5.75 Å². The summed E-state index contributed by atoms with van der Waals surface area (Å²) in [6, 6.07) is 13.0. The second-order valence-corrected chi connectivity index (χ2v) is 6.61. The van der Waals surface area contributed by atoms with Gasteiger partial charge in [0.15, 0.2) is 0 Å². The van der Waals surface area contributed by atoms with Gasteiger partial charge in [0, 0.05) is 23.9 Å². The maximum atomic E-state index is 12.6. The van der Waals surface area contributed by atoms with Gasteiger partial charge in [-0.1, -0.05) is 11.3 Å². The predicted octanol–water partition coefficient (Wildman–Crippen LogP) is 4.02. The molecule has 6 heteroatoms. The van der Waals surface area contributed by atoms with Gasteiger partial charge in [-0.2, -0.15) is 0 Å². The molecule has 1 aliphatic carbocycles. The van der Waals surface area contributed by atoms with Crippen molar-refractivity contribution in [2.45, 2.75) is 45.3 Å². The molecular weight excluding hydrogens is 328 g/mol. The van der Waals surface area contributed by atoms with Gasteiger partial charge in [-0.05, 0) is 62.9 Å². The lowest BCUT2D eigenvalue weighted by atomic mass is 10.1. The van der Waals surface area contributed by atoms with Crippen LogP contribution in [0.25, 0.3) is 11.0 Å². The highest BCUT2D eigenvalue weighted by Crippen LogP contribution is 2.26. The average Bonchev–Trinajstić information content (AvgIpc) is 3.30. The van der Waals surface area contributed by atoms with E-state index in [2.05, 4.69) is 15.6 Å². The molecule has 0 aliphatic heterocycles. The summed E-state index contributed by atoms with van der Waals surface area (Å²) in [6.45, 7) is 2.76. The van der Waals surface area contributed by atoms with Crippen molar-refractivity contribution in [1.29, 1.82) is 0 Å². The molecule has 0 atom stereocenters. The zero-order valence-corrected chi connectivity index (χ0v) is 14.8. The van der Waals surface area contributed by atoms with E-state index < -0.39 is 0 Å². The van der Waals surface area contributed by atoms with E-state index in [9.17, 15) is 4.79 Å². The summed E-state index contributed by atoms with van der Waals surface area (Å²) >= 11 is 0. The van der Waals surface area contributed by atoms with Gasteiger partial charge in [0.1, 0.15) is 11.3 Å². The van der Waals surface area contributed by atoms with E-state index in [1.54, 1.807) is 16.8 Å². The summed E-state index contributed by atoms with van der Waals surface area (Å²) in [5.74, 6) is 0.631. The maximum absolute atomic E-state index is 12.6. The first-order valence-corrected chi connectivity index (χ1v) is 9.14. The van der Waals surface area contributed by atoms with Crippen LogP contribution in [0.3, 0.4) is 0 Å². The van der Waals surface area contributed by atoms with Crippen molar-refractivity contribution in [3.05, 3.63) is 48.0 Å². The number of ether oxygens (including phenoxy) is 1. The molecule has 0 unspecified atom stereocenters. The maximum Gasteiger partial charge on any atom is 0.255 e. The zero-order chi connectivity index (χ0) is 17.9. The van der Waals surface area contributed by atoms with Crippen molar-refractivity contribution in [1.82, 2.24) is 15.0 Å². The summed E-state index contributed by atoms with van der Waals surface area (Å²) in [6.07, 6.45) is 4.97. The van der Waals surface area contributed by atoms with E-state index in [4.69, 9.17) is 4.74 Å². The smallest absolute Gasteiger partial charge is 0.255 e. The first-order chi connectivity index (χ1) is 12.7. The molecular formula is C20H22N4O2.